The first kappa shape index (κ1) is 7.73. The number of rotatable bonds is 0. The van der Waals surface area contributed by atoms with Gasteiger partial charge in [0.05, 0.1) is 0 Å². The summed E-state index contributed by atoms with van der Waals surface area (Å²) in [7, 11) is 1.74. The molecule has 0 aromatic carbocycles. The molecule has 1 heterocycles. The Morgan fingerprint density at radius 3 is 3.10 bits per heavy atom. The molecule has 0 bridgehead atoms. The number of hydrogen-bond acceptors (Lipinski definition) is 2. The minimum Gasteiger partial charge on any atom is -0.262 e. The lowest BCUT2D eigenvalue weighted by Crippen LogP contribution is -2.35. The van der Waals surface area contributed by atoms with E-state index in [1.165, 1.54) is 0 Å². The molecule has 0 spiro atoms. The van der Waals surface area contributed by atoms with Crippen LogP contribution >= 0.6 is 0 Å². The van der Waals surface area contributed by atoms with Crippen LogP contribution in [0.15, 0.2) is 0 Å². The summed E-state index contributed by atoms with van der Waals surface area (Å²) < 4.78 is 17.4. The van der Waals surface area contributed by atoms with Crippen LogP contribution in [0.5, 0.6) is 0 Å². The average Bonchev–Trinajstić information content (AvgIpc) is 1.95. The normalized spacial score (nSPS) is 35.2. The zero-order chi connectivity index (χ0) is 7.56. The molecule has 0 radical (unpaired) electrons. The highest BCUT2D eigenvalue weighted by molar-refractivity contribution is 7.77. The summed E-state index contributed by atoms with van der Waals surface area (Å²) in [4.78, 5) is 0. The fourth-order valence-corrected chi connectivity index (χ4v) is 1.46. The summed E-state index contributed by atoms with van der Waals surface area (Å²) in [6.45, 7) is 0.738. The molecule has 0 saturated carbocycles. The zero-order valence-corrected chi connectivity index (χ0v) is 6.56. The lowest BCUT2D eigenvalue weighted by atomic mass is 10.3. The van der Waals surface area contributed by atoms with Gasteiger partial charge in [-0.3, -0.25) is 4.18 Å². The molecule has 0 aliphatic carbocycles. The fraction of sp³-hybridized carbons (Fsp3) is 0.667. The molecule has 10 heavy (non-hydrogen) atoms. The van der Waals surface area contributed by atoms with E-state index in [0.717, 1.165) is 13.0 Å². The van der Waals surface area contributed by atoms with Crippen LogP contribution < -0.4 is 0 Å². The molecule has 2 atom stereocenters. The Labute approximate surface area is 63.1 Å². The van der Waals surface area contributed by atoms with Crippen molar-refractivity contribution in [2.45, 2.75) is 12.5 Å². The van der Waals surface area contributed by atoms with Crippen molar-refractivity contribution in [3.05, 3.63) is 0 Å². The van der Waals surface area contributed by atoms with E-state index in [0.29, 0.717) is 0 Å². The summed E-state index contributed by atoms with van der Waals surface area (Å²) in [6, 6.07) is 0. The Morgan fingerprint density at radius 1 is 1.90 bits per heavy atom. The highest BCUT2D eigenvalue weighted by atomic mass is 32.2. The van der Waals surface area contributed by atoms with Gasteiger partial charge in [-0.15, -0.1) is 6.42 Å². The predicted molar refractivity (Wildman–Crippen MR) is 39.1 cm³/mol. The Morgan fingerprint density at radius 2 is 2.60 bits per heavy atom. The van der Waals surface area contributed by atoms with Crippen LogP contribution in [-0.2, 0) is 15.4 Å². The number of hydrogen-bond donors (Lipinski definition) is 0. The maximum absolute atomic E-state index is 10.9. The highest BCUT2D eigenvalue weighted by Crippen LogP contribution is 2.10. The molecule has 1 fully saturated rings. The van der Waals surface area contributed by atoms with E-state index >= 15 is 0 Å². The van der Waals surface area contributed by atoms with E-state index in [1.54, 1.807) is 11.4 Å². The molecule has 3 nitrogen and oxygen atoms in total. The SMILES string of the molecule is C#CC1CCN(C)S(=O)O1. The van der Waals surface area contributed by atoms with E-state index in [2.05, 4.69) is 5.92 Å². The molecule has 1 saturated heterocycles. The van der Waals surface area contributed by atoms with Crippen LogP contribution in [0.25, 0.3) is 0 Å². The number of nitrogens with zero attached hydrogens (tertiary/aromatic N) is 1. The van der Waals surface area contributed by atoms with Crippen molar-refractivity contribution in [3.8, 4) is 12.3 Å². The lowest BCUT2D eigenvalue weighted by Gasteiger charge is -2.23. The van der Waals surface area contributed by atoms with Gasteiger partial charge in [0, 0.05) is 20.0 Å². The molecular weight excluding hydrogens is 150 g/mol. The van der Waals surface area contributed by atoms with Crippen molar-refractivity contribution in [1.29, 1.82) is 0 Å². The van der Waals surface area contributed by atoms with Crippen molar-refractivity contribution >= 4 is 11.3 Å². The molecule has 56 valence electrons. The van der Waals surface area contributed by atoms with Gasteiger partial charge in [-0.25, -0.2) is 8.51 Å². The van der Waals surface area contributed by atoms with E-state index in [-0.39, 0.29) is 6.10 Å². The molecule has 0 aromatic heterocycles. The quantitative estimate of drug-likeness (QED) is 0.463. The minimum absolute atomic E-state index is 0.267. The maximum Gasteiger partial charge on any atom is 0.238 e. The van der Waals surface area contributed by atoms with Crippen LogP contribution in [0, 0.1) is 12.3 Å². The largest absolute Gasteiger partial charge is 0.262 e. The molecule has 1 aliphatic heterocycles. The molecule has 1 aliphatic rings. The Hall–Kier alpha value is -0.370. The minimum atomic E-state index is -1.32. The number of terminal acetylenes is 1. The van der Waals surface area contributed by atoms with Gasteiger partial charge in [-0.05, 0) is 0 Å². The highest BCUT2D eigenvalue weighted by Gasteiger charge is 2.21. The van der Waals surface area contributed by atoms with Crippen molar-refractivity contribution in [2.24, 2.45) is 0 Å². The van der Waals surface area contributed by atoms with Gasteiger partial charge in [0.15, 0.2) is 0 Å². The van der Waals surface area contributed by atoms with Gasteiger partial charge >= 0.3 is 0 Å². The second-order valence-electron chi connectivity index (χ2n) is 2.11. The van der Waals surface area contributed by atoms with Gasteiger partial charge in [-0.1, -0.05) is 5.92 Å². The fourth-order valence-electron chi connectivity index (χ4n) is 0.706. The first-order valence-corrected chi connectivity index (χ1v) is 4.03. The van der Waals surface area contributed by atoms with Gasteiger partial charge in [0.25, 0.3) is 0 Å². The second-order valence-corrected chi connectivity index (χ2v) is 3.36. The summed E-state index contributed by atoms with van der Waals surface area (Å²) in [5, 5.41) is 0. The summed E-state index contributed by atoms with van der Waals surface area (Å²) in [5.41, 5.74) is 0. The van der Waals surface area contributed by atoms with E-state index in [9.17, 15) is 4.21 Å². The molecule has 4 heteroatoms. The van der Waals surface area contributed by atoms with Crippen LogP contribution in [0.2, 0.25) is 0 Å². The molecule has 1 rings (SSSR count). The van der Waals surface area contributed by atoms with Crippen molar-refractivity contribution in [3.63, 3.8) is 0 Å². The Bertz CT molecular complexity index is 187. The molecule has 0 aromatic rings. The Balaban J connectivity index is 2.50. The average molecular weight is 159 g/mol. The third-order valence-electron chi connectivity index (χ3n) is 1.35. The maximum atomic E-state index is 10.9. The molecule has 0 N–H and O–H groups in total. The molecule has 0 amide bonds. The van der Waals surface area contributed by atoms with Crippen molar-refractivity contribution in [2.75, 3.05) is 13.6 Å². The molecule has 2 unspecified atom stereocenters. The first-order valence-electron chi connectivity index (χ1n) is 3.00. The van der Waals surface area contributed by atoms with Crippen LogP contribution in [0.3, 0.4) is 0 Å². The first-order chi connectivity index (χ1) is 4.74. The lowest BCUT2D eigenvalue weighted by molar-refractivity contribution is 0.210. The van der Waals surface area contributed by atoms with Gasteiger partial charge in [0.2, 0.25) is 11.3 Å². The van der Waals surface area contributed by atoms with Crippen LogP contribution in [0.1, 0.15) is 6.42 Å². The van der Waals surface area contributed by atoms with Gasteiger partial charge in [-0.2, -0.15) is 0 Å². The standard InChI is InChI=1S/C6H9NO2S/c1-3-6-4-5-7(2)10(8)9-6/h1,6H,4-5H2,2H3. The summed E-state index contributed by atoms with van der Waals surface area (Å²) in [6.07, 6.45) is 5.58. The second kappa shape index (κ2) is 3.15. The monoisotopic (exact) mass is 159 g/mol. The third-order valence-corrected chi connectivity index (χ3v) is 2.43. The third kappa shape index (κ3) is 1.57. The van der Waals surface area contributed by atoms with E-state index < -0.39 is 11.3 Å². The molecular formula is C6H9NO2S. The summed E-state index contributed by atoms with van der Waals surface area (Å²) in [5.74, 6) is 2.41. The van der Waals surface area contributed by atoms with Crippen LogP contribution in [0.4, 0.5) is 0 Å². The van der Waals surface area contributed by atoms with Gasteiger partial charge in [0.1, 0.15) is 6.10 Å². The van der Waals surface area contributed by atoms with E-state index in [1.807, 2.05) is 0 Å². The van der Waals surface area contributed by atoms with Crippen LogP contribution in [-0.4, -0.2) is 28.2 Å². The smallest absolute Gasteiger partial charge is 0.238 e. The Kier molecular flexibility index (Phi) is 2.44. The zero-order valence-electron chi connectivity index (χ0n) is 5.74. The van der Waals surface area contributed by atoms with Crippen molar-refractivity contribution in [1.82, 2.24) is 4.31 Å². The predicted octanol–water partition coefficient (Wildman–Crippen LogP) is -0.0810. The summed E-state index contributed by atoms with van der Waals surface area (Å²) >= 11 is -1.32. The topological polar surface area (TPSA) is 29.5 Å². The van der Waals surface area contributed by atoms with Gasteiger partial charge < -0.3 is 0 Å². The van der Waals surface area contributed by atoms with E-state index in [4.69, 9.17) is 10.6 Å². The van der Waals surface area contributed by atoms with Crippen molar-refractivity contribution < 1.29 is 8.39 Å².